The minimum absolute atomic E-state index is 0.289. The van der Waals surface area contributed by atoms with E-state index in [9.17, 15) is 0 Å². The van der Waals surface area contributed by atoms with Crippen molar-refractivity contribution < 1.29 is 0 Å². The molecule has 0 saturated heterocycles. The first-order valence-corrected chi connectivity index (χ1v) is 9.18. The lowest BCUT2D eigenvalue weighted by Gasteiger charge is -2.18. The molecule has 0 aliphatic rings. The van der Waals surface area contributed by atoms with E-state index in [2.05, 4.69) is 65.8 Å². The number of pyridine rings is 1. The van der Waals surface area contributed by atoms with Gasteiger partial charge < -0.3 is 15.5 Å². The smallest absolute Gasteiger partial charge is 0.0737 e. The highest BCUT2D eigenvalue weighted by molar-refractivity contribution is 6.31. The summed E-state index contributed by atoms with van der Waals surface area (Å²) in [6.07, 6.45) is 1.81. The van der Waals surface area contributed by atoms with Crippen molar-refractivity contribution in [3.63, 3.8) is 0 Å². The van der Waals surface area contributed by atoms with Gasteiger partial charge in [0.05, 0.1) is 5.52 Å². The molecule has 0 aliphatic carbocycles. The van der Waals surface area contributed by atoms with Gasteiger partial charge in [0, 0.05) is 61.2 Å². The number of hydrogen-bond donors (Lipinski definition) is 2. The largest absolute Gasteiger partial charge is 0.381 e. The third-order valence-electron chi connectivity index (χ3n) is 4.34. The Morgan fingerprint density at radius 3 is 2.58 bits per heavy atom. The Bertz CT molecular complexity index is 862. The normalized spacial score (nSPS) is 12.2. The van der Waals surface area contributed by atoms with Crippen molar-refractivity contribution >= 4 is 33.9 Å². The summed E-state index contributed by atoms with van der Waals surface area (Å²) >= 11 is 6.06. The van der Waals surface area contributed by atoms with E-state index in [1.54, 1.807) is 0 Å². The second-order valence-electron chi connectivity index (χ2n) is 6.76. The molecule has 3 rings (SSSR count). The Morgan fingerprint density at radius 1 is 1.08 bits per heavy atom. The summed E-state index contributed by atoms with van der Waals surface area (Å²) in [5.74, 6) is 0. The Balaban J connectivity index is 1.55. The standard InChI is InChI=1S/C21H25ClN4/c1-15(13-23-14-16-4-7-18(8-5-16)26(2)3)25-20-10-11-24-21-12-17(22)6-9-19(20)21/h4-12,15,23H,13-14H2,1-3H3,(H,24,25)/t15-/m0/s1. The highest BCUT2D eigenvalue weighted by Gasteiger charge is 2.06. The van der Waals surface area contributed by atoms with Crippen molar-refractivity contribution in [2.24, 2.45) is 0 Å². The van der Waals surface area contributed by atoms with Gasteiger partial charge in [0.2, 0.25) is 0 Å². The number of hydrogen-bond acceptors (Lipinski definition) is 4. The molecule has 0 unspecified atom stereocenters. The summed E-state index contributed by atoms with van der Waals surface area (Å²) in [5.41, 5.74) is 4.49. The molecule has 136 valence electrons. The summed E-state index contributed by atoms with van der Waals surface area (Å²) in [7, 11) is 4.11. The quantitative estimate of drug-likeness (QED) is 0.642. The van der Waals surface area contributed by atoms with Crippen LogP contribution >= 0.6 is 11.6 Å². The first kappa shape index (κ1) is 18.5. The molecule has 5 heteroatoms. The molecule has 2 aromatic carbocycles. The maximum Gasteiger partial charge on any atom is 0.0737 e. The Hall–Kier alpha value is -2.30. The van der Waals surface area contributed by atoms with Gasteiger partial charge in [-0.05, 0) is 48.9 Å². The third kappa shape index (κ3) is 4.65. The highest BCUT2D eigenvalue weighted by atomic mass is 35.5. The molecule has 1 atom stereocenters. The van der Waals surface area contributed by atoms with Gasteiger partial charge >= 0.3 is 0 Å². The van der Waals surface area contributed by atoms with E-state index in [4.69, 9.17) is 11.6 Å². The van der Waals surface area contributed by atoms with Crippen LogP contribution in [0, 0.1) is 0 Å². The second kappa shape index (κ2) is 8.39. The van der Waals surface area contributed by atoms with Crippen molar-refractivity contribution in [3.05, 3.63) is 65.3 Å². The lowest BCUT2D eigenvalue weighted by atomic mass is 10.1. The average Bonchev–Trinajstić information content (AvgIpc) is 2.62. The molecule has 0 fully saturated rings. The zero-order valence-electron chi connectivity index (χ0n) is 15.5. The molecular weight excluding hydrogens is 344 g/mol. The monoisotopic (exact) mass is 368 g/mol. The molecule has 26 heavy (non-hydrogen) atoms. The van der Waals surface area contributed by atoms with E-state index in [1.807, 2.05) is 30.5 Å². The second-order valence-corrected chi connectivity index (χ2v) is 7.19. The van der Waals surface area contributed by atoms with Crippen molar-refractivity contribution in [3.8, 4) is 0 Å². The van der Waals surface area contributed by atoms with E-state index in [-0.39, 0.29) is 6.04 Å². The fourth-order valence-electron chi connectivity index (χ4n) is 2.91. The van der Waals surface area contributed by atoms with Crippen LogP contribution in [0.3, 0.4) is 0 Å². The zero-order chi connectivity index (χ0) is 18.5. The zero-order valence-corrected chi connectivity index (χ0v) is 16.2. The van der Waals surface area contributed by atoms with Crippen molar-refractivity contribution in [2.75, 3.05) is 30.9 Å². The Kier molecular flexibility index (Phi) is 5.96. The molecule has 0 saturated carbocycles. The van der Waals surface area contributed by atoms with E-state index in [0.717, 1.165) is 29.7 Å². The van der Waals surface area contributed by atoms with E-state index in [1.165, 1.54) is 11.3 Å². The lowest BCUT2D eigenvalue weighted by molar-refractivity contribution is 0.632. The van der Waals surface area contributed by atoms with Crippen LogP contribution in [0.4, 0.5) is 11.4 Å². The van der Waals surface area contributed by atoms with Gasteiger partial charge in [-0.2, -0.15) is 0 Å². The predicted octanol–water partition coefficient (Wildman–Crippen LogP) is 4.54. The number of halogens is 1. The van der Waals surface area contributed by atoms with Crippen LogP contribution in [0.2, 0.25) is 5.02 Å². The van der Waals surface area contributed by atoms with Crippen LogP contribution in [0.5, 0.6) is 0 Å². The predicted molar refractivity (Wildman–Crippen MR) is 112 cm³/mol. The summed E-state index contributed by atoms with van der Waals surface area (Å²) < 4.78 is 0. The van der Waals surface area contributed by atoms with Gasteiger partial charge in [-0.1, -0.05) is 23.7 Å². The lowest BCUT2D eigenvalue weighted by Crippen LogP contribution is -2.30. The van der Waals surface area contributed by atoms with Gasteiger partial charge in [0.25, 0.3) is 0 Å². The number of nitrogens with zero attached hydrogens (tertiary/aromatic N) is 2. The Morgan fingerprint density at radius 2 is 1.85 bits per heavy atom. The highest BCUT2D eigenvalue weighted by Crippen LogP contribution is 2.24. The first-order valence-electron chi connectivity index (χ1n) is 8.81. The summed E-state index contributed by atoms with van der Waals surface area (Å²) in [6.45, 7) is 3.89. The molecule has 3 aromatic rings. The number of rotatable bonds is 7. The van der Waals surface area contributed by atoms with Crippen molar-refractivity contribution in [1.82, 2.24) is 10.3 Å². The molecule has 1 aromatic heterocycles. The minimum Gasteiger partial charge on any atom is -0.381 e. The van der Waals surface area contributed by atoms with Crippen LogP contribution in [0.25, 0.3) is 10.9 Å². The molecule has 0 spiro atoms. The topological polar surface area (TPSA) is 40.2 Å². The molecule has 1 heterocycles. The van der Waals surface area contributed by atoms with E-state index >= 15 is 0 Å². The van der Waals surface area contributed by atoms with Gasteiger partial charge in [-0.15, -0.1) is 0 Å². The molecule has 0 bridgehead atoms. The molecule has 0 radical (unpaired) electrons. The van der Waals surface area contributed by atoms with Crippen molar-refractivity contribution in [2.45, 2.75) is 19.5 Å². The molecule has 2 N–H and O–H groups in total. The molecule has 4 nitrogen and oxygen atoms in total. The van der Waals surface area contributed by atoms with E-state index < -0.39 is 0 Å². The number of benzene rings is 2. The van der Waals surface area contributed by atoms with Crippen LogP contribution < -0.4 is 15.5 Å². The number of fused-ring (bicyclic) bond motifs is 1. The fraction of sp³-hybridized carbons (Fsp3) is 0.286. The van der Waals surface area contributed by atoms with Gasteiger partial charge in [-0.3, -0.25) is 4.98 Å². The average molecular weight is 369 g/mol. The van der Waals surface area contributed by atoms with Crippen LogP contribution in [0.15, 0.2) is 54.7 Å². The van der Waals surface area contributed by atoms with Gasteiger partial charge in [0.15, 0.2) is 0 Å². The van der Waals surface area contributed by atoms with Crippen molar-refractivity contribution in [1.29, 1.82) is 0 Å². The van der Waals surface area contributed by atoms with Gasteiger partial charge in [-0.25, -0.2) is 0 Å². The van der Waals surface area contributed by atoms with Crippen LogP contribution in [-0.2, 0) is 6.54 Å². The number of aromatic nitrogens is 1. The molecular formula is C21H25ClN4. The van der Waals surface area contributed by atoms with Crippen LogP contribution in [0.1, 0.15) is 12.5 Å². The summed E-state index contributed by atoms with van der Waals surface area (Å²) in [6, 6.07) is 16.7. The third-order valence-corrected chi connectivity index (χ3v) is 4.57. The number of nitrogens with one attached hydrogen (secondary N) is 2. The number of anilines is 2. The van der Waals surface area contributed by atoms with E-state index in [0.29, 0.717) is 5.02 Å². The molecule has 0 amide bonds. The first-order chi connectivity index (χ1) is 12.5. The Labute approximate surface area is 160 Å². The maximum absolute atomic E-state index is 6.06. The minimum atomic E-state index is 0.289. The maximum atomic E-state index is 6.06. The summed E-state index contributed by atoms with van der Waals surface area (Å²) in [5, 5.41) is 8.87. The summed E-state index contributed by atoms with van der Waals surface area (Å²) in [4.78, 5) is 6.49. The SMILES string of the molecule is C[C@@H](CNCc1ccc(N(C)C)cc1)Nc1ccnc2cc(Cl)ccc12. The van der Waals surface area contributed by atoms with Crippen LogP contribution in [-0.4, -0.2) is 31.7 Å². The molecule has 0 aliphatic heterocycles. The van der Waals surface area contributed by atoms with Gasteiger partial charge in [0.1, 0.15) is 0 Å². The fourth-order valence-corrected chi connectivity index (χ4v) is 3.07.